The summed E-state index contributed by atoms with van der Waals surface area (Å²) in [6.45, 7) is 4.38. The highest BCUT2D eigenvalue weighted by molar-refractivity contribution is 6.00. The van der Waals surface area contributed by atoms with Gasteiger partial charge in [0.2, 0.25) is 0 Å². The number of amides is 3. The first kappa shape index (κ1) is 22.1. The molecule has 4 rings (SSSR count). The number of benzene rings is 2. The van der Waals surface area contributed by atoms with Crippen LogP contribution in [-0.2, 0) is 6.42 Å². The highest BCUT2D eigenvalue weighted by Gasteiger charge is 2.28. The van der Waals surface area contributed by atoms with Crippen LogP contribution in [0.5, 0.6) is 5.75 Å². The van der Waals surface area contributed by atoms with Crippen LogP contribution in [0.2, 0.25) is 0 Å². The maximum absolute atomic E-state index is 12.5. The number of ether oxygens (including phenoxy) is 1. The maximum atomic E-state index is 12.5. The average molecular weight is 447 g/mol. The number of aromatic nitrogens is 2. The molecule has 1 atom stereocenters. The summed E-state index contributed by atoms with van der Waals surface area (Å²) in [7, 11) is 0. The van der Waals surface area contributed by atoms with Gasteiger partial charge in [0.15, 0.2) is 5.82 Å². The van der Waals surface area contributed by atoms with Gasteiger partial charge in [0.25, 0.3) is 0 Å². The van der Waals surface area contributed by atoms with Crippen molar-refractivity contribution in [3.63, 3.8) is 0 Å². The molecule has 33 heavy (non-hydrogen) atoms. The van der Waals surface area contributed by atoms with Gasteiger partial charge in [0.1, 0.15) is 5.75 Å². The van der Waals surface area contributed by atoms with Gasteiger partial charge in [-0.1, -0.05) is 24.3 Å². The van der Waals surface area contributed by atoms with Crippen LogP contribution in [0, 0.1) is 19.8 Å². The van der Waals surface area contributed by atoms with E-state index in [0.29, 0.717) is 36.8 Å². The molecule has 0 bridgehead atoms. The average Bonchev–Trinajstić information content (AvgIpc) is 2.79. The number of nitrogens with zero attached hydrogens (tertiary/aromatic N) is 3. The molecular weight excluding hydrogens is 422 g/mol. The van der Waals surface area contributed by atoms with Gasteiger partial charge < -0.3 is 15.2 Å². The molecular formula is C24H25N5O4. The Morgan fingerprint density at radius 2 is 1.94 bits per heavy atom. The van der Waals surface area contributed by atoms with E-state index in [2.05, 4.69) is 20.6 Å². The number of fused-ring (bicyclic) bond motifs is 1. The second-order valence-corrected chi connectivity index (χ2v) is 8.02. The largest absolute Gasteiger partial charge is 0.491 e. The summed E-state index contributed by atoms with van der Waals surface area (Å²) in [5.41, 5.74) is 3.91. The molecule has 3 aromatic rings. The molecule has 170 valence electrons. The number of rotatable bonds is 5. The lowest BCUT2D eigenvalue weighted by molar-refractivity contribution is 0.194. The normalized spacial score (nSPS) is 14.8. The first-order chi connectivity index (χ1) is 15.9. The lowest BCUT2D eigenvalue weighted by Crippen LogP contribution is -2.41. The van der Waals surface area contributed by atoms with Crippen LogP contribution in [0.25, 0.3) is 0 Å². The molecule has 2 heterocycles. The van der Waals surface area contributed by atoms with Gasteiger partial charge in [-0.05, 0) is 49.6 Å². The number of urea groups is 1. The molecule has 1 unspecified atom stereocenters. The predicted molar refractivity (Wildman–Crippen MR) is 125 cm³/mol. The molecule has 2 aromatic carbocycles. The number of anilines is 3. The van der Waals surface area contributed by atoms with Crippen molar-refractivity contribution in [2.75, 3.05) is 28.7 Å². The quantitative estimate of drug-likeness (QED) is 0.531. The highest BCUT2D eigenvalue weighted by atomic mass is 16.5. The third kappa shape index (κ3) is 5.38. The SMILES string of the molecule is Cc1ccc(OCC2Cc3ccccc3N(C(=O)O)C2)c(NC(=O)Nc2cnc(C)cn2)c1. The van der Waals surface area contributed by atoms with E-state index in [4.69, 9.17) is 4.74 Å². The number of nitrogens with one attached hydrogen (secondary N) is 2. The lowest BCUT2D eigenvalue weighted by Gasteiger charge is -2.32. The van der Waals surface area contributed by atoms with Crippen molar-refractivity contribution in [2.45, 2.75) is 20.3 Å². The zero-order valence-corrected chi connectivity index (χ0v) is 18.4. The highest BCUT2D eigenvalue weighted by Crippen LogP contribution is 2.31. The smallest absolute Gasteiger partial charge is 0.411 e. The fraction of sp³-hybridized carbons (Fsp3) is 0.250. The van der Waals surface area contributed by atoms with E-state index in [9.17, 15) is 14.7 Å². The van der Waals surface area contributed by atoms with Gasteiger partial charge >= 0.3 is 12.1 Å². The van der Waals surface area contributed by atoms with Crippen LogP contribution in [0.15, 0.2) is 54.9 Å². The summed E-state index contributed by atoms with van der Waals surface area (Å²) >= 11 is 0. The minimum absolute atomic E-state index is 0.0261. The molecule has 0 radical (unpaired) electrons. The molecule has 9 nitrogen and oxygen atoms in total. The summed E-state index contributed by atoms with van der Waals surface area (Å²) < 4.78 is 6.05. The number of hydrogen-bond acceptors (Lipinski definition) is 5. The number of carbonyl (C=O) groups excluding carboxylic acids is 1. The Hall–Kier alpha value is -4.14. The van der Waals surface area contributed by atoms with E-state index < -0.39 is 12.1 Å². The summed E-state index contributed by atoms with van der Waals surface area (Å²) in [6.07, 6.45) is 2.78. The molecule has 3 amide bonds. The van der Waals surface area contributed by atoms with E-state index in [1.54, 1.807) is 12.3 Å². The Bertz CT molecular complexity index is 1170. The maximum Gasteiger partial charge on any atom is 0.411 e. The summed E-state index contributed by atoms with van der Waals surface area (Å²) in [4.78, 5) is 33.8. The van der Waals surface area contributed by atoms with Crippen molar-refractivity contribution in [2.24, 2.45) is 5.92 Å². The van der Waals surface area contributed by atoms with Crippen molar-refractivity contribution in [1.29, 1.82) is 0 Å². The summed E-state index contributed by atoms with van der Waals surface area (Å²) in [6, 6.07) is 12.5. The molecule has 0 aliphatic carbocycles. The van der Waals surface area contributed by atoms with E-state index in [1.807, 2.05) is 50.2 Å². The minimum atomic E-state index is -0.985. The standard InChI is InChI=1S/C24H25N5O4/c1-15-7-8-21(19(9-15)27-23(30)28-22-12-25-16(2)11-26-22)33-14-17-10-18-5-3-4-6-20(18)29(13-17)24(31)32/h3-9,11-12,17H,10,13-14H2,1-2H3,(H,31,32)(H2,26,27,28,30). The van der Waals surface area contributed by atoms with E-state index in [0.717, 1.165) is 22.5 Å². The number of para-hydroxylation sites is 1. The zero-order valence-electron chi connectivity index (χ0n) is 18.4. The van der Waals surface area contributed by atoms with Crippen LogP contribution in [0.3, 0.4) is 0 Å². The Balaban J connectivity index is 1.44. The van der Waals surface area contributed by atoms with Gasteiger partial charge in [-0.15, -0.1) is 0 Å². The molecule has 3 N–H and O–H groups in total. The van der Waals surface area contributed by atoms with Gasteiger partial charge in [-0.25, -0.2) is 14.6 Å². The van der Waals surface area contributed by atoms with E-state index in [-0.39, 0.29) is 5.92 Å². The molecule has 1 aliphatic heterocycles. The van der Waals surface area contributed by atoms with Gasteiger partial charge in [0, 0.05) is 12.5 Å². The topological polar surface area (TPSA) is 117 Å². The molecule has 1 aromatic heterocycles. The number of carboxylic acid groups (broad SMARTS) is 1. The molecule has 0 fully saturated rings. The Labute approximate surface area is 191 Å². The fourth-order valence-electron chi connectivity index (χ4n) is 3.77. The monoisotopic (exact) mass is 447 g/mol. The first-order valence-corrected chi connectivity index (χ1v) is 10.6. The molecule has 1 aliphatic rings. The van der Waals surface area contributed by atoms with Crippen LogP contribution >= 0.6 is 0 Å². The Morgan fingerprint density at radius 3 is 2.70 bits per heavy atom. The van der Waals surface area contributed by atoms with Crippen molar-refractivity contribution >= 4 is 29.3 Å². The van der Waals surface area contributed by atoms with Crippen LogP contribution in [0.4, 0.5) is 26.8 Å². The van der Waals surface area contributed by atoms with Crippen LogP contribution in [0.1, 0.15) is 16.8 Å². The third-order valence-corrected chi connectivity index (χ3v) is 5.34. The van der Waals surface area contributed by atoms with Crippen molar-refractivity contribution < 1.29 is 19.4 Å². The van der Waals surface area contributed by atoms with Crippen LogP contribution in [-0.4, -0.2) is 40.4 Å². The Morgan fingerprint density at radius 1 is 1.12 bits per heavy atom. The molecule has 0 saturated carbocycles. The molecule has 9 heteroatoms. The number of aryl methyl sites for hydroxylation is 2. The van der Waals surface area contributed by atoms with E-state index in [1.165, 1.54) is 11.1 Å². The minimum Gasteiger partial charge on any atom is -0.491 e. The number of carbonyl (C=O) groups is 2. The first-order valence-electron chi connectivity index (χ1n) is 10.6. The van der Waals surface area contributed by atoms with Crippen molar-refractivity contribution in [3.05, 3.63) is 71.7 Å². The predicted octanol–water partition coefficient (Wildman–Crippen LogP) is 4.47. The van der Waals surface area contributed by atoms with Gasteiger partial charge in [0.05, 0.1) is 36.1 Å². The number of hydrogen-bond donors (Lipinski definition) is 3. The lowest BCUT2D eigenvalue weighted by atomic mass is 9.93. The Kier molecular flexibility index (Phi) is 6.39. The molecule has 0 saturated heterocycles. The summed E-state index contributed by atoms with van der Waals surface area (Å²) in [5.74, 6) is 0.816. The van der Waals surface area contributed by atoms with Gasteiger partial charge in [-0.2, -0.15) is 0 Å². The zero-order chi connectivity index (χ0) is 23.4. The second kappa shape index (κ2) is 9.56. The van der Waals surface area contributed by atoms with Crippen molar-refractivity contribution in [1.82, 2.24) is 9.97 Å². The van der Waals surface area contributed by atoms with Gasteiger partial charge in [-0.3, -0.25) is 15.2 Å². The molecule has 0 spiro atoms. The fourth-order valence-corrected chi connectivity index (χ4v) is 3.77. The third-order valence-electron chi connectivity index (χ3n) is 5.34. The summed E-state index contributed by atoms with van der Waals surface area (Å²) in [5, 5.41) is 15.1. The van der Waals surface area contributed by atoms with Crippen LogP contribution < -0.4 is 20.3 Å². The van der Waals surface area contributed by atoms with Crippen molar-refractivity contribution in [3.8, 4) is 5.75 Å². The second-order valence-electron chi connectivity index (χ2n) is 8.02. The van der Waals surface area contributed by atoms with E-state index >= 15 is 0 Å².